The fourth-order valence-electron chi connectivity index (χ4n) is 4.43. The third kappa shape index (κ3) is 3.56. The molecule has 5 nitrogen and oxygen atoms in total. The molecule has 3 heterocycles. The molecule has 0 atom stereocenters. The number of piperidine rings is 1. The predicted octanol–water partition coefficient (Wildman–Crippen LogP) is 4.29. The minimum absolute atomic E-state index is 0.0721. The molecule has 8 heteroatoms. The normalized spacial score (nSPS) is 18.9. The van der Waals surface area contributed by atoms with Crippen molar-refractivity contribution >= 4 is 50.4 Å². The van der Waals surface area contributed by atoms with E-state index in [2.05, 4.69) is 37.8 Å². The summed E-state index contributed by atoms with van der Waals surface area (Å²) in [7, 11) is 3.29. The van der Waals surface area contributed by atoms with Gasteiger partial charge in [0.05, 0.1) is 22.6 Å². The van der Waals surface area contributed by atoms with E-state index in [1.54, 1.807) is 20.7 Å². The van der Waals surface area contributed by atoms with Crippen molar-refractivity contribution in [1.82, 2.24) is 4.90 Å². The Morgan fingerprint density at radius 2 is 1.93 bits per heavy atom. The molecule has 2 aliphatic heterocycles. The fourth-order valence-corrected chi connectivity index (χ4v) is 7.71. The zero-order valence-electron chi connectivity index (χ0n) is 16.9. The van der Waals surface area contributed by atoms with Gasteiger partial charge in [0.25, 0.3) is 0 Å². The molecule has 1 aromatic heterocycles. The number of carbonyl (C=O) groups excluding carboxylic acids is 2. The minimum Gasteiger partial charge on any atom is -0.369 e. The smallest absolute Gasteiger partial charge is 0.241 e. The number of aryl methyl sites for hydroxylation is 1. The van der Waals surface area contributed by atoms with Crippen molar-refractivity contribution in [3.05, 3.63) is 32.5 Å². The van der Waals surface area contributed by atoms with Crippen molar-refractivity contribution in [3.8, 4) is 11.1 Å². The Hall–Kier alpha value is -1.61. The molecule has 1 saturated heterocycles. The lowest BCUT2D eigenvalue weighted by atomic mass is 9.86. The van der Waals surface area contributed by atoms with Crippen LogP contribution in [-0.2, 0) is 15.1 Å². The Labute approximate surface area is 183 Å². The highest BCUT2D eigenvalue weighted by Gasteiger charge is 2.43. The molecule has 4 rings (SSSR count). The van der Waals surface area contributed by atoms with Gasteiger partial charge >= 0.3 is 0 Å². The van der Waals surface area contributed by atoms with Crippen molar-refractivity contribution in [2.45, 2.75) is 39.2 Å². The first-order valence-corrected chi connectivity index (χ1v) is 12.4. The zero-order valence-corrected chi connectivity index (χ0v) is 19.3. The number of anilines is 1. The van der Waals surface area contributed by atoms with E-state index >= 15 is 0 Å². The largest absolute Gasteiger partial charge is 0.369 e. The molecule has 2 aliphatic rings. The van der Waals surface area contributed by atoms with Gasteiger partial charge in [-0.1, -0.05) is 44.5 Å². The van der Waals surface area contributed by atoms with Gasteiger partial charge in [-0.25, -0.2) is 0 Å². The Morgan fingerprint density at radius 1 is 1.24 bits per heavy atom. The highest BCUT2D eigenvalue weighted by atomic mass is 32.9. The van der Waals surface area contributed by atoms with Gasteiger partial charge < -0.3 is 10.6 Å². The molecule has 2 amide bonds. The van der Waals surface area contributed by atoms with Crippen LogP contribution in [0.5, 0.6) is 0 Å². The van der Waals surface area contributed by atoms with Crippen LogP contribution in [0.1, 0.15) is 37.1 Å². The number of hydrogen-bond acceptors (Lipinski definition) is 6. The van der Waals surface area contributed by atoms with Gasteiger partial charge in [-0.2, -0.15) is 0 Å². The summed E-state index contributed by atoms with van der Waals surface area (Å²) in [5, 5.41) is 0. The van der Waals surface area contributed by atoms with Crippen LogP contribution in [0.25, 0.3) is 11.1 Å². The molecule has 2 N–H and O–H groups in total. The first-order chi connectivity index (χ1) is 13.7. The maximum atomic E-state index is 13.5. The van der Waals surface area contributed by atoms with E-state index in [9.17, 15) is 9.59 Å². The SMILES string of the molecule is Cc1ccc2c(c1)-c1c(ssc1=S)C(C)(C)N2C(=O)CN1CCC(C(N)=O)CC1. The average molecular weight is 448 g/mol. The number of nitrogens with two attached hydrogens (primary N) is 1. The number of benzene rings is 1. The third-order valence-corrected chi connectivity index (χ3v) is 9.34. The standard InChI is InChI=1S/C21H25N3O2S3/c1-12-4-5-15-14(10-12)17-18(28-29-20(17)27)21(2,3)24(15)16(25)11-23-8-6-13(7-9-23)19(22)26/h4-5,10,13H,6-9,11H2,1-3H3,(H2,22,26). The van der Waals surface area contributed by atoms with Gasteiger partial charge in [0.15, 0.2) is 0 Å². The van der Waals surface area contributed by atoms with Gasteiger partial charge in [-0.15, -0.1) is 0 Å². The third-order valence-electron chi connectivity index (χ3n) is 6.01. The molecule has 154 valence electrons. The maximum Gasteiger partial charge on any atom is 0.241 e. The Balaban J connectivity index is 1.66. The minimum atomic E-state index is -0.460. The molecule has 0 saturated carbocycles. The topological polar surface area (TPSA) is 66.6 Å². The van der Waals surface area contributed by atoms with Crippen LogP contribution in [0.3, 0.4) is 0 Å². The van der Waals surface area contributed by atoms with Crippen LogP contribution in [0, 0.1) is 16.7 Å². The quantitative estimate of drug-likeness (QED) is 0.563. The zero-order chi connectivity index (χ0) is 20.9. The Bertz CT molecular complexity index is 1030. The van der Waals surface area contributed by atoms with Crippen molar-refractivity contribution in [1.29, 1.82) is 0 Å². The summed E-state index contributed by atoms with van der Waals surface area (Å²) in [6.07, 6.45) is 1.44. The second-order valence-electron chi connectivity index (χ2n) is 8.42. The Morgan fingerprint density at radius 3 is 2.59 bits per heavy atom. The molecular formula is C21H25N3O2S3. The summed E-state index contributed by atoms with van der Waals surface area (Å²) < 4.78 is 0.894. The van der Waals surface area contributed by atoms with Crippen molar-refractivity contribution in [3.63, 3.8) is 0 Å². The number of fused-ring (bicyclic) bond motifs is 3. The predicted molar refractivity (Wildman–Crippen MR) is 122 cm³/mol. The number of hydrogen-bond donors (Lipinski definition) is 1. The van der Waals surface area contributed by atoms with Crippen molar-refractivity contribution in [2.24, 2.45) is 11.7 Å². The highest BCUT2D eigenvalue weighted by Crippen LogP contribution is 2.52. The molecule has 2 aromatic rings. The Kier molecular flexibility index (Phi) is 5.40. The maximum absolute atomic E-state index is 13.5. The van der Waals surface area contributed by atoms with E-state index in [1.807, 2.05) is 11.0 Å². The molecule has 1 aromatic carbocycles. The summed E-state index contributed by atoms with van der Waals surface area (Å²) in [6.45, 7) is 8.04. The van der Waals surface area contributed by atoms with Crippen LogP contribution in [-0.4, -0.2) is 36.3 Å². The van der Waals surface area contributed by atoms with E-state index in [1.165, 1.54) is 0 Å². The van der Waals surface area contributed by atoms with E-state index < -0.39 is 5.54 Å². The number of amides is 2. The van der Waals surface area contributed by atoms with Gasteiger partial charge in [0.2, 0.25) is 11.8 Å². The molecule has 0 bridgehead atoms. The van der Waals surface area contributed by atoms with Crippen molar-refractivity contribution in [2.75, 3.05) is 24.5 Å². The molecule has 1 fully saturated rings. The van der Waals surface area contributed by atoms with Crippen molar-refractivity contribution < 1.29 is 9.59 Å². The molecular weight excluding hydrogens is 422 g/mol. The lowest BCUT2D eigenvalue weighted by Gasteiger charge is -2.44. The van der Waals surface area contributed by atoms with Crippen LogP contribution in [0.4, 0.5) is 5.69 Å². The van der Waals surface area contributed by atoms with Crippen LogP contribution in [0.15, 0.2) is 18.2 Å². The molecule has 0 aliphatic carbocycles. The van der Waals surface area contributed by atoms with Crippen LogP contribution < -0.4 is 10.6 Å². The number of rotatable bonds is 3. The van der Waals surface area contributed by atoms with E-state index in [4.69, 9.17) is 18.0 Å². The monoisotopic (exact) mass is 447 g/mol. The number of primary amides is 1. The number of nitrogens with zero attached hydrogens (tertiary/aromatic N) is 2. The second-order valence-corrected chi connectivity index (χ2v) is 11.2. The average Bonchev–Trinajstić information content (AvgIpc) is 3.05. The lowest BCUT2D eigenvalue weighted by molar-refractivity contribution is -0.123. The molecule has 0 unspecified atom stereocenters. The summed E-state index contributed by atoms with van der Waals surface area (Å²) in [6, 6.07) is 6.23. The number of likely N-dealkylation sites (tertiary alicyclic amines) is 1. The highest BCUT2D eigenvalue weighted by molar-refractivity contribution is 7.80. The van der Waals surface area contributed by atoms with E-state index in [-0.39, 0.29) is 17.7 Å². The molecule has 29 heavy (non-hydrogen) atoms. The summed E-state index contributed by atoms with van der Waals surface area (Å²) >= 11 is 5.64. The van der Waals surface area contributed by atoms with Crippen LogP contribution in [0.2, 0.25) is 0 Å². The first kappa shape index (κ1) is 20.7. The fraction of sp³-hybridized carbons (Fsp3) is 0.476. The van der Waals surface area contributed by atoms with E-state index in [0.717, 1.165) is 57.0 Å². The van der Waals surface area contributed by atoms with E-state index in [0.29, 0.717) is 6.54 Å². The molecule has 0 spiro atoms. The second kappa shape index (κ2) is 7.58. The summed E-state index contributed by atoms with van der Waals surface area (Å²) in [4.78, 5) is 30.2. The van der Waals surface area contributed by atoms with Gasteiger partial charge in [-0.3, -0.25) is 14.5 Å². The molecule has 0 radical (unpaired) electrons. The van der Waals surface area contributed by atoms with Gasteiger partial charge in [0.1, 0.15) is 3.82 Å². The lowest BCUT2D eigenvalue weighted by Crippen LogP contribution is -2.52. The summed E-state index contributed by atoms with van der Waals surface area (Å²) in [5.74, 6) is -0.228. The first-order valence-electron chi connectivity index (χ1n) is 9.79. The van der Waals surface area contributed by atoms with Gasteiger partial charge in [0, 0.05) is 17.0 Å². The van der Waals surface area contributed by atoms with Gasteiger partial charge in [-0.05, 0) is 58.8 Å². The van der Waals surface area contributed by atoms with Crippen LogP contribution >= 0.6 is 32.9 Å². The number of carbonyl (C=O) groups is 2. The summed E-state index contributed by atoms with van der Waals surface area (Å²) in [5.41, 5.74) is 9.24.